The fraction of sp³-hybridized carbons (Fsp3) is 0.0588. The lowest BCUT2D eigenvalue weighted by Crippen LogP contribution is -2.20. The van der Waals surface area contributed by atoms with Gasteiger partial charge in [0, 0.05) is 16.2 Å². The predicted molar refractivity (Wildman–Crippen MR) is 89.2 cm³/mol. The molecule has 0 saturated carbocycles. The van der Waals surface area contributed by atoms with E-state index in [9.17, 15) is 14.0 Å². The number of rotatable bonds is 5. The Labute approximate surface area is 141 Å². The number of hydrogen-bond acceptors (Lipinski definition) is 3. The minimum Gasteiger partial charge on any atom is -0.452 e. The van der Waals surface area contributed by atoms with Gasteiger partial charge in [0.25, 0.3) is 5.91 Å². The van der Waals surface area contributed by atoms with Gasteiger partial charge in [-0.1, -0.05) is 34.1 Å². The normalized spacial score (nSPS) is 10.5. The van der Waals surface area contributed by atoms with Gasteiger partial charge in [-0.25, -0.2) is 9.18 Å². The quantitative estimate of drug-likeness (QED) is 0.637. The van der Waals surface area contributed by atoms with Gasteiger partial charge in [0.15, 0.2) is 6.61 Å². The molecule has 118 valence electrons. The van der Waals surface area contributed by atoms with Gasteiger partial charge >= 0.3 is 5.97 Å². The lowest BCUT2D eigenvalue weighted by Gasteiger charge is -2.05. The van der Waals surface area contributed by atoms with Crippen LogP contribution in [0.5, 0.6) is 0 Å². The summed E-state index contributed by atoms with van der Waals surface area (Å²) in [4.78, 5) is 23.1. The van der Waals surface area contributed by atoms with Gasteiger partial charge in [-0.05, 0) is 42.0 Å². The molecular formula is C17H13BrFNO3. The molecule has 0 spiro atoms. The molecule has 0 aliphatic carbocycles. The Morgan fingerprint density at radius 1 is 1.17 bits per heavy atom. The van der Waals surface area contributed by atoms with E-state index < -0.39 is 24.3 Å². The number of amides is 1. The van der Waals surface area contributed by atoms with Crippen molar-refractivity contribution in [2.45, 2.75) is 0 Å². The average molecular weight is 378 g/mol. The molecule has 0 aliphatic rings. The summed E-state index contributed by atoms with van der Waals surface area (Å²) in [5.41, 5.74) is 1.13. The molecule has 0 unspecified atom stereocenters. The molecular weight excluding hydrogens is 365 g/mol. The first-order chi connectivity index (χ1) is 11.0. The molecule has 0 atom stereocenters. The Hall–Kier alpha value is -2.47. The van der Waals surface area contributed by atoms with Crippen LogP contribution < -0.4 is 5.32 Å². The topological polar surface area (TPSA) is 55.4 Å². The van der Waals surface area contributed by atoms with Crippen LogP contribution in [-0.2, 0) is 14.3 Å². The number of anilines is 1. The second kappa shape index (κ2) is 8.24. The summed E-state index contributed by atoms with van der Waals surface area (Å²) < 4.78 is 18.7. The van der Waals surface area contributed by atoms with Gasteiger partial charge in [-0.15, -0.1) is 0 Å². The van der Waals surface area contributed by atoms with E-state index in [1.165, 1.54) is 30.3 Å². The van der Waals surface area contributed by atoms with E-state index in [1.54, 1.807) is 6.08 Å². The van der Waals surface area contributed by atoms with Crippen molar-refractivity contribution in [2.24, 2.45) is 0 Å². The minimum absolute atomic E-state index is 0.302. The van der Waals surface area contributed by atoms with Gasteiger partial charge in [0.2, 0.25) is 0 Å². The molecule has 2 aromatic rings. The van der Waals surface area contributed by atoms with Gasteiger partial charge in [0.1, 0.15) is 5.82 Å². The summed E-state index contributed by atoms with van der Waals surface area (Å²) in [6.45, 7) is -0.444. The Kier molecular flexibility index (Phi) is 6.05. The summed E-state index contributed by atoms with van der Waals surface area (Å²) in [6, 6.07) is 12.8. The Morgan fingerprint density at radius 2 is 1.91 bits per heavy atom. The number of nitrogens with one attached hydrogen (secondary N) is 1. The van der Waals surface area contributed by atoms with E-state index in [0.717, 1.165) is 10.0 Å². The van der Waals surface area contributed by atoms with E-state index in [1.807, 2.05) is 24.3 Å². The number of hydrogen-bond donors (Lipinski definition) is 1. The van der Waals surface area contributed by atoms with Crippen LogP contribution in [0.15, 0.2) is 59.1 Å². The molecule has 0 bridgehead atoms. The highest BCUT2D eigenvalue weighted by molar-refractivity contribution is 9.10. The molecule has 0 heterocycles. The average Bonchev–Trinajstić information content (AvgIpc) is 2.52. The largest absolute Gasteiger partial charge is 0.452 e. The summed E-state index contributed by atoms with van der Waals surface area (Å²) in [5.74, 6) is -1.64. The lowest BCUT2D eigenvalue weighted by atomic mass is 10.2. The van der Waals surface area contributed by atoms with Crippen molar-refractivity contribution in [3.8, 4) is 0 Å². The van der Waals surface area contributed by atoms with Gasteiger partial charge in [0.05, 0.1) is 0 Å². The third-order valence-corrected chi connectivity index (χ3v) is 3.26. The van der Waals surface area contributed by atoms with Crippen LogP contribution in [0.1, 0.15) is 5.56 Å². The van der Waals surface area contributed by atoms with Crippen LogP contribution in [0.25, 0.3) is 6.08 Å². The number of carbonyl (C=O) groups excluding carboxylic acids is 2. The smallest absolute Gasteiger partial charge is 0.331 e. The number of benzene rings is 2. The molecule has 23 heavy (non-hydrogen) atoms. The second-order valence-corrected chi connectivity index (χ2v) is 5.47. The van der Waals surface area contributed by atoms with Crippen molar-refractivity contribution >= 4 is 39.6 Å². The first-order valence-electron chi connectivity index (χ1n) is 6.69. The molecule has 0 fully saturated rings. The maximum absolute atomic E-state index is 13.0. The first-order valence-corrected chi connectivity index (χ1v) is 7.48. The van der Waals surface area contributed by atoms with Crippen molar-refractivity contribution in [3.05, 3.63) is 70.5 Å². The highest BCUT2D eigenvalue weighted by atomic mass is 79.9. The fourth-order valence-corrected chi connectivity index (χ4v) is 1.95. The summed E-state index contributed by atoms with van der Waals surface area (Å²) in [6.07, 6.45) is 2.82. The maximum atomic E-state index is 13.0. The van der Waals surface area contributed by atoms with Crippen molar-refractivity contribution in [1.29, 1.82) is 0 Å². The van der Waals surface area contributed by atoms with Crippen LogP contribution in [0, 0.1) is 5.82 Å². The van der Waals surface area contributed by atoms with Gasteiger partial charge < -0.3 is 10.1 Å². The third kappa shape index (κ3) is 6.04. The van der Waals surface area contributed by atoms with Gasteiger partial charge in [-0.2, -0.15) is 0 Å². The molecule has 0 saturated heterocycles. The fourth-order valence-electron chi connectivity index (χ4n) is 1.69. The van der Waals surface area contributed by atoms with E-state index >= 15 is 0 Å². The zero-order valence-corrected chi connectivity index (χ0v) is 13.5. The molecule has 4 nitrogen and oxygen atoms in total. The van der Waals surface area contributed by atoms with Crippen LogP contribution in [0.3, 0.4) is 0 Å². The zero-order valence-electron chi connectivity index (χ0n) is 12.0. The van der Waals surface area contributed by atoms with Crippen molar-refractivity contribution in [2.75, 3.05) is 11.9 Å². The number of carbonyl (C=O) groups is 2. The first kappa shape index (κ1) is 16.9. The number of halogens is 2. The van der Waals surface area contributed by atoms with Crippen molar-refractivity contribution in [3.63, 3.8) is 0 Å². The van der Waals surface area contributed by atoms with Crippen molar-refractivity contribution < 1.29 is 18.7 Å². The zero-order chi connectivity index (χ0) is 16.7. The van der Waals surface area contributed by atoms with E-state index in [2.05, 4.69) is 21.2 Å². The van der Waals surface area contributed by atoms with Crippen LogP contribution in [0.2, 0.25) is 0 Å². The van der Waals surface area contributed by atoms with Crippen LogP contribution >= 0.6 is 15.9 Å². The SMILES string of the molecule is O=C(COC(=O)/C=C/c1ccc(Br)cc1)Nc1cccc(F)c1. The second-order valence-electron chi connectivity index (χ2n) is 4.55. The highest BCUT2D eigenvalue weighted by Crippen LogP contribution is 2.11. The summed E-state index contributed by atoms with van der Waals surface area (Å²) >= 11 is 3.31. The summed E-state index contributed by atoms with van der Waals surface area (Å²) in [7, 11) is 0. The summed E-state index contributed by atoms with van der Waals surface area (Å²) in [5, 5.41) is 2.43. The molecule has 0 aromatic heterocycles. The molecule has 1 N–H and O–H groups in total. The standard InChI is InChI=1S/C17H13BrFNO3/c18-13-7-4-12(5-8-13)6-9-17(22)23-11-16(21)20-15-3-1-2-14(19)10-15/h1-10H,11H2,(H,20,21)/b9-6+. The molecule has 0 radical (unpaired) electrons. The predicted octanol–water partition coefficient (Wildman–Crippen LogP) is 3.78. The monoisotopic (exact) mass is 377 g/mol. The van der Waals surface area contributed by atoms with Crippen molar-refractivity contribution in [1.82, 2.24) is 0 Å². The van der Waals surface area contributed by atoms with Crippen LogP contribution in [-0.4, -0.2) is 18.5 Å². The van der Waals surface area contributed by atoms with E-state index in [0.29, 0.717) is 5.69 Å². The lowest BCUT2D eigenvalue weighted by molar-refractivity contribution is -0.142. The Morgan fingerprint density at radius 3 is 2.61 bits per heavy atom. The van der Waals surface area contributed by atoms with E-state index in [4.69, 9.17) is 4.74 Å². The maximum Gasteiger partial charge on any atom is 0.331 e. The molecule has 1 amide bonds. The highest BCUT2D eigenvalue weighted by Gasteiger charge is 2.06. The number of esters is 1. The molecule has 2 aromatic carbocycles. The number of ether oxygens (including phenoxy) is 1. The molecule has 0 aliphatic heterocycles. The minimum atomic E-state index is -0.637. The Bertz CT molecular complexity index is 729. The van der Waals surface area contributed by atoms with Gasteiger partial charge in [-0.3, -0.25) is 4.79 Å². The van der Waals surface area contributed by atoms with Crippen LogP contribution in [0.4, 0.5) is 10.1 Å². The third-order valence-electron chi connectivity index (χ3n) is 2.74. The Balaban J connectivity index is 1.79. The molecule has 2 rings (SSSR count). The molecule has 6 heteroatoms. The van der Waals surface area contributed by atoms with E-state index in [-0.39, 0.29) is 0 Å².